The number of carbonyl (C=O) groups is 2. The molecule has 0 aromatic heterocycles. The van der Waals surface area contributed by atoms with Gasteiger partial charge in [0.25, 0.3) is 0 Å². The van der Waals surface area contributed by atoms with E-state index in [9.17, 15) is 9.59 Å². The van der Waals surface area contributed by atoms with E-state index in [-0.39, 0.29) is 6.42 Å². The minimum Gasteiger partial charge on any atom is -0.481 e. The summed E-state index contributed by atoms with van der Waals surface area (Å²) in [5.41, 5.74) is -1.03. The Hall–Kier alpha value is -1.06. The number of rotatable bonds is 3. The molecule has 0 saturated carbocycles. The lowest BCUT2D eigenvalue weighted by molar-refractivity contribution is -0.162. The molecule has 0 aromatic carbocycles. The number of aliphatic carboxylic acids is 1. The SMILES string of the molecule is CC(C)(C)OC(=O)C[C@@H](C(=O)O)C(C)(C)C. The Morgan fingerprint density at radius 2 is 1.56 bits per heavy atom. The summed E-state index contributed by atoms with van der Waals surface area (Å²) in [7, 11) is 0. The Morgan fingerprint density at radius 3 is 1.81 bits per heavy atom. The Balaban J connectivity index is 4.56. The number of esters is 1. The van der Waals surface area contributed by atoms with E-state index < -0.39 is 28.9 Å². The van der Waals surface area contributed by atoms with Crippen molar-refractivity contribution in [3.8, 4) is 0 Å². The zero-order chi connectivity index (χ0) is 13.1. The number of hydrogen-bond donors (Lipinski definition) is 1. The molecule has 0 aliphatic heterocycles. The van der Waals surface area contributed by atoms with Crippen molar-refractivity contribution in [3.63, 3.8) is 0 Å². The van der Waals surface area contributed by atoms with E-state index >= 15 is 0 Å². The predicted octanol–water partition coefficient (Wildman–Crippen LogP) is 2.47. The summed E-state index contributed by atoms with van der Waals surface area (Å²) in [6.45, 7) is 10.7. The van der Waals surface area contributed by atoms with Gasteiger partial charge in [0.2, 0.25) is 0 Å². The fourth-order valence-electron chi connectivity index (χ4n) is 1.31. The summed E-state index contributed by atoms with van der Waals surface area (Å²) in [4.78, 5) is 22.6. The lowest BCUT2D eigenvalue weighted by atomic mass is 9.79. The van der Waals surface area contributed by atoms with Gasteiger partial charge in [0.1, 0.15) is 5.60 Å². The van der Waals surface area contributed by atoms with Crippen molar-refractivity contribution >= 4 is 11.9 Å². The summed E-state index contributed by atoms with van der Waals surface area (Å²) < 4.78 is 5.11. The third kappa shape index (κ3) is 5.73. The van der Waals surface area contributed by atoms with Crippen LogP contribution in [0.15, 0.2) is 0 Å². The van der Waals surface area contributed by atoms with Crippen molar-refractivity contribution in [2.24, 2.45) is 11.3 Å². The first kappa shape index (κ1) is 14.9. The maximum absolute atomic E-state index is 11.5. The van der Waals surface area contributed by atoms with Gasteiger partial charge in [-0.2, -0.15) is 0 Å². The van der Waals surface area contributed by atoms with Crippen LogP contribution in [0.25, 0.3) is 0 Å². The quantitative estimate of drug-likeness (QED) is 0.756. The van der Waals surface area contributed by atoms with Gasteiger partial charge in [-0.05, 0) is 26.2 Å². The molecule has 16 heavy (non-hydrogen) atoms. The highest BCUT2D eigenvalue weighted by Crippen LogP contribution is 2.29. The zero-order valence-corrected chi connectivity index (χ0v) is 11.0. The van der Waals surface area contributed by atoms with Crippen LogP contribution in [-0.4, -0.2) is 22.6 Å². The van der Waals surface area contributed by atoms with Crippen molar-refractivity contribution in [3.05, 3.63) is 0 Å². The molecule has 0 aromatic rings. The molecule has 1 N–H and O–H groups in total. The van der Waals surface area contributed by atoms with Crippen LogP contribution in [0.2, 0.25) is 0 Å². The van der Waals surface area contributed by atoms with Crippen LogP contribution in [0.5, 0.6) is 0 Å². The highest BCUT2D eigenvalue weighted by Gasteiger charge is 2.34. The molecule has 0 rings (SSSR count). The first-order chi connectivity index (χ1) is 6.93. The van der Waals surface area contributed by atoms with Crippen LogP contribution in [-0.2, 0) is 14.3 Å². The number of hydrogen-bond acceptors (Lipinski definition) is 3. The van der Waals surface area contributed by atoms with Gasteiger partial charge in [0, 0.05) is 0 Å². The highest BCUT2D eigenvalue weighted by molar-refractivity contribution is 5.79. The molecule has 0 spiro atoms. The molecule has 0 unspecified atom stereocenters. The van der Waals surface area contributed by atoms with E-state index in [1.165, 1.54) is 0 Å². The molecule has 0 bridgehead atoms. The smallest absolute Gasteiger partial charge is 0.307 e. The van der Waals surface area contributed by atoms with E-state index in [1.54, 1.807) is 41.5 Å². The largest absolute Gasteiger partial charge is 0.481 e. The highest BCUT2D eigenvalue weighted by atomic mass is 16.6. The maximum atomic E-state index is 11.5. The zero-order valence-electron chi connectivity index (χ0n) is 11.0. The molecule has 0 amide bonds. The summed E-state index contributed by atoms with van der Waals surface area (Å²) in [6.07, 6.45) is -0.0872. The first-order valence-corrected chi connectivity index (χ1v) is 5.38. The van der Waals surface area contributed by atoms with Gasteiger partial charge in [0.05, 0.1) is 12.3 Å². The Labute approximate surface area is 97.0 Å². The lowest BCUT2D eigenvalue weighted by Gasteiger charge is -2.27. The predicted molar refractivity (Wildman–Crippen MR) is 61.0 cm³/mol. The van der Waals surface area contributed by atoms with Gasteiger partial charge >= 0.3 is 11.9 Å². The van der Waals surface area contributed by atoms with E-state index in [1.807, 2.05) is 0 Å². The fourth-order valence-corrected chi connectivity index (χ4v) is 1.31. The lowest BCUT2D eigenvalue weighted by Crippen LogP contribution is -2.33. The molecule has 1 atom stereocenters. The number of carbonyl (C=O) groups excluding carboxylic acids is 1. The molecule has 0 fully saturated rings. The standard InChI is InChI=1S/C12H22O4/c1-11(2,3)8(10(14)15)7-9(13)16-12(4,5)6/h8H,7H2,1-6H3,(H,14,15)/t8-/m0/s1. The fraction of sp³-hybridized carbons (Fsp3) is 0.833. The van der Waals surface area contributed by atoms with Crippen LogP contribution in [0.1, 0.15) is 48.0 Å². The van der Waals surface area contributed by atoms with Crippen LogP contribution in [0, 0.1) is 11.3 Å². The van der Waals surface area contributed by atoms with Gasteiger partial charge in [-0.15, -0.1) is 0 Å². The maximum Gasteiger partial charge on any atom is 0.307 e. The molecule has 0 aliphatic carbocycles. The van der Waals surface area contributed by atoms with Crippen LogP contribution >= 0.6 is 0 Å². The molecule has 0 radical (unpaired) electrons. The van der Waals surface area contributed by atoms with E-state index in [4.69, 9.17) is 9.84 Å². The summed E-state index contributed by atoms with van der Waals surface area (Å²) in [5, 5.41) is 9.05. The molecular weight excluding hydrogens is 208 g/mol. The van der Waals surface area contributed by atoms with Crippen LogP contribution in [0.3, 0.4) is 0 Å². The molecule has 0 aliphatic rings. The third-order valence-electron chi connectivity index (χ3n) is 2.13. The second-order valence-electron chi connectivity index (χ2n) is 6.05. The van der Waals surface area contributed by atoms with E-state index in [2.05, 4.69) is 0 Å². The van der Waals surface area contributed by atoms with Crippen molar-refractivity contribution in [1.82, 2.24) is 0 Å². The molecule has 0 saturated heterocycles. The Morgan fingerprint density at radius 1 is 1.12 bits per heavy atom. The van der Waals surface area contributed by atoms with E-state index in [0.29, 0.717) is 0 Å². The second kappa shape index (κ2) is 4.85. The monoisotopic (exact) mass is 230 g/mol. The van der Waals surface area contributed by atoms with Gasteiger partial charge in [-0.1, -0.05) is 20.8 Å². The molecule has 4 nitrogen and oxygen atoms in total. The van der Waals surface area contributed by atoms with Crippen LogP contribution in [0.4, 0.5) is 0 Å². The number of carboxylic acid groups (broad SMARTS) is 1. The van der Waals surface area contributed by atoms with Crippen molar-refractivity contribution in [1.29, 1.82) is 0 Å². The average molecular weight is 230 g/mol. The molecule has 94 valence electrons. The summed E-state index contributed by atoms with van der Waals surface area (Å²) in [6, 6.07) is 0. The van der Waals surface area contributed by atoms with Gasteiger partial charge in [0.15, 0.2) is 0 Å². The van der Waals surface area contributed by atoms with Crippen molar-refractivity contribution in [2.75, 3.05) is 0 Å². The molecule has 4 heteroatoms. The second-order valence-corrected chi connectivity index (χ2v) is 6.05. The molecular formula is C12H22O4. The van der Waals surface area contributed by atoms with Crippen molar-refractivity contribution in [2.45, 2.75) is 53.6 Å². The number of carboxylic acids is 1. The van der Waals surface area contributed by atoms with Gasteiger partial charge < -0.3 is 9.84 Å². The molecule has 0 heterocycles. The average Bonchev–Trinajstić information content (AvgIpc) is 1.93. The summed E-state index contributed by atoms with van der Waals surface area (Å²) in [5.74, 6) is -2.14. The Bertz CT molecular complexity index is 268. The van der Waals surface area contributed by atoms with Gasteiger partial charge in [-0.3, -0.25) is 9.59 Å². The van der Waals surface area contributed by atoms with E-state index in [0.717, 1.165) is 0 Å². The minimum absolute atomic E-state index is 0.0872. The normalized spacial score (nSPS) is 14.4. The van der Waals surface area contributed by atoms with Crippen LogP contribution < -0.4 is 0 Å². The Kier molecular flexibility index (Phi) is 4.53. The summed E-state index contributed by atoms with van der Waals surface area (Å²) >= 11 is 0. The topological polar surface area (TPSA) is 63.6 Å². The van der Waals surface area contributed by atoms with Crippen molar-refractivity contribution < 1.29 is 19.4 Å². The third-order valence-corrected chi connectivity index (χ3v) is 2.13. The number of ether oxygens (including phenoxy) is 1. The van der Waals surface area contributed by atoms with Gasteiger partial charge in [-0.25, -0.2) is 0 Å². The first-order valence-electron chi connectivity index (χ1n) is 5.38. The minimum atomic E-state index is -0.960.